The van der Waals surface area contributed by atoms with Crippen LogP contribution in [0.2, 0.25) is 0 Å². The highest BCUT2D eigenvalue weighted by molar-refractivity contribution is 5.78. The Kier molecular flexibility index (Phi) is 5.28. The topological polar surface area (TPSA) is 25.3 Å². The van der Waals surface area contributed by atoms with Crippen molar-refractivity contribution in [3.05, 3.63) is 88.0 Å². The van der Waals surface area contributed by atoms with Crippen LogP contribution >= 0.6 is 0 Å². The molecule has 0 amide bonds. The van der Waals surface area contributed by atoms with Crippen molar-refractivity contribution in [2.45, 2.75) is 46.5 Å². The second-order valence-electron chi connectivity index (χ2n) is 6.90. The van der Waals surface area contributed by atoms with Crippen LogP contribution in [0.15, 0.2) is 60.2 Å². The molecule has 0 N–H and O–H groups in total. The standard InChI is InChI=1S/C23H26N2/c1-4-5-6-7-21-16-22(19-12-8-17(2)9-13-19)25(24)23(21)20-14-10-18(3)11-15-20/h8-16H,4-7H2,1-3H3. The molecular formula is C23H26N2. The van der Waals surface area contributed by atoms with Crippen LogP contribution in [0.5, 0.6) is 0 Å². The minimum atomic E-state index is 0.863. The molecule has 0 unspecified atom stereocenters. The first kappa shape index (κ1) is 17.3. The van der Waals surface area contributed by atoms with Crippen molar-refractivity contribution in [1.29, 1.82) is 0 Å². The highest BCUT2D eigenvalue weighted by Gasteiger charge is 2.28. The fraction of sp³-hybridized carbons (Fsp3) is 0.304. The molecule has 3 rings (SSSR count). The van der Waals surface area contributed by atoms with Crippen LogP contribution < -0.4 is 0 Å². The van der Waals surface area contributed by atoms with Gasteiger partial charge in [-0.3, -0.25) is 0 Å². The Balaban J connectivity index is 1.97. The zero-order valence-corrected chi connectivity index (χ0v) is 15.4. The SMILES string of the molecule is CCCCCC1=C(c2ccc(C)cc2)[N+](=[N-])C(c2ccc(C)cc2)=C1. The molecule has 0 atom stereocenters. The zero-order chi connectivity index (χ0) is 17.8. The van der Waals surface area contributed by atoms with E-state index in [1.54, 1.807) is 0 Å². The second-order valence-corrected chi connectivity index (χ2v) is 6.90. The van der Waals surface area contributed by atoms with E-state index in [9.17, 15) is 5.53 Å². The van der Waals surface area contributed by atoms with Crippen molar-refractivity contribution in [3.63, 3.8) is 0 Å². The predicted octanol–water partition coefficient (Wildman–Crippen LogP) is 6.68. The Hall–Kier alpha value is -2.48. The van der Waals surface area contributed by atoms with Gasteiger partial charge in [0.15, 0.2) is 0 Å². The van der Waals surface area contributed by atoms with E-state index in [0.717, 1.165) is 35.4 Å². The summed E-state index contributed by atoms with van der Waals surface area (Å²) in [7, 11) is 0. The Morgan fingerprint density at radius 3 is 1.92 bits per heavy atom. The molecule has 0 aliphatic carbocycles. The fourth-order valence-corrected chi connectivity index (χ4v) is 3.26. The van der Waals surface area contributed by atoms with Crippen molar-refractivity contribution in [2.24, 2.45) is 0 Å². The number of allylic oxidation sites excluding steroid dienone is 2. The van der Waals surface area contributed by atoms with Gasteiger partial charge in [-0.15, -0.1) is 0 Å². The van der Waals surface area contributed by atoms with Gasteiger partial charge in [-0.05, 0) is 51.0 Å². The first-order valence-electron chi connectivity index (χ1n) is 9.18. The summed E-state index contributed by atoms with van der Waals surface area (Å²) in [5, 5.41) is 0. The molecule has 0 spiro atoms. The van der Waals surface area contributed by atoms with Crippen molar-refractivity contribution in [3.8, 4) is 0 Å². The maximum absolute atomic E-state index is 10.9. The van der Waals surface area contributed by atoms with E-state index in [-0.39, 0.29) is 0 Å². The Bertz CT molecular complexity index is 821. The van der Waals surface area contributed by atoms with E-state index in [2.05, 4.69) is 75.4 Å². The lowest BCUT2D eigenvalue weighted by Crippen LogP contribution is -2.02. The maximum atomic E-state index is 10.9. The summed E-state index contributed by atoms with van der Waals surface area (Å²) in [5.41, 5.74) is 18.5. The van der Waals surface area contributed by atoms with Crippen molar-refractivity contribution in [2.75, 3.05) is 0 Å². The predicted molar refractivity (Wildman–Crippen MR) is 105 cm³/mol. The largest absolute Gasteiger partial charge is 0.493 e. The minimum absolute atomic E-state index is 0.863. The number of rotatable bonds is 6. The minimum Gasteiger partial charge on any atom is -0.493 e. The zero-order valence-electron chi connectivity index (χ0n) is 15.4. The van der Waals surface area contributed by atoms with Crippen LogP contribution in [0.3, 0.4) is 0 Å². The van der Waals surface area contributed by atoms with Gasteiger partial charge in [0, 0.05) is 22.8 Å². The number of hydrogen-bond donors (Lipinski definition) is 0. The molecule has 128 valence electrons. The molecule has 0 saturated carbocycles. The quantitative estimate of drug-likeness (QED) is 0.417. The molecule has 1 aliphatic rings. The van der Waals surface area contributed by atoms with Crippen LogP contribution in [0.1, 0.15) is 54.9 Å². The number of benzene rings is 2. The van der Waals surface area contributed by atoms with E-state index in [1.807, 2.05) is 0 Å². The second kappa shape index (κ2) is 7.60. The average Bonchev–Trinajstić information content (AvgIpc) is 2.93. The molecule has 1 aliphatic heterocycles. The van der Waals surface area contributed by atoms with Gasteiger partial charge in [-0.25, -0.2) is 4.70 Å². The third-order valence-corrected chi connectivity index (χ3v) is 4.78. The van der Waals surface area contributed by atoms with Gasteiger partial charge < -0.3 is 5.53 Å². The van der Waals surface area contributed by atoms with Gasteiger partial charge >= 0.3 is 0 Å². The molecule has 0 saturated heterocycles. The molecule has 25 heavy (non-hydrogen) atoms. The third kappa shape index (κ3) is 3.79. The number of aryl methyl sites for hydroxylation is 2. The van der Waals surface area contributed by atoms with Gasteiger partial charge in [0.05, 0.1) is 0 Å². The monoisotopic (exact) mass is 330 g/mol. The molecule has 0 aromatic heterocycles. The number of nitrogens with zero attached hydrogens (tertiary/aromatic N) is 2. The van der Waals surface area contributed by atoms with Gasteiger partial charge in [-0.1, -0.05) is 55.2 Å². The van der Waals surface area contributed by atoms with Crippen molar-refractivity contribution >= 4 is 11.4 Å². The van der Waals surface area contributed by atoms with Gasteiger partial charge in [0.2, 0.25) is 11.4 Å². The first-order valence-corrected chi connectivity index (χ1v) is 9.18. The Labute approximate surface area is 151 Å². The van der Waals surface area contributed by atoms with E-state index >= 15 is 0 Å². The lowest BCUT2D eigenvalue weighted by molar-refractivity contribution is -0.344. The number of unbranched alkanes of at least 4 members (excludes halogenated alkanes) is 2. The normalized spacial score (nSPS) is 14.2. The van der Waals surface area contributed by atoms with Gasteiger partial charge in [-0.2, -0.15) is 0 Å². The van der Waals surface area contributed by atoms with Gasteiger partial charge in [0.1, 0.15) is 0 Å². The van der Waals surface area contributed by atoms with Crippen LogP contribution in [0.4, 0.5) is 0 Å². The molecule has 0 bridgehead atoms. The molecule has 2 aromatic rings. The summed E-state index contributed by atoms with van der Waals surface area (Å²) in [5.74, 6) is 0. The summed E-state index contributed by atoms with van der Waals surface area (Å²) in [6.07, 6.45) is 6.69. The lowest BCUT2D eigenvalue weighted by Gasteiger charge is -2.10. The van der Waals surface area contributed by atoms with E-state index in [1.165, 1.54) is 34.2 Å². The summed E-state index contributed by atoms with van der Waals surface area (Å²) in [6, 6.07) is 16.7. The molecule has 2 nitrogen and oxygen atoms in total. The molecule has 2 heteroatoms. The average molecular weight is 330 g/mol. The molecule has 0 radical (unpaired) electrons. The fourth-order valence-electron chi connectivity index (χ4n) is 3.26. The highest BCUT2D eigenvalue weighted by atomic mass is 15.2. The molecule has 1 heterocycles. The highest BCUT2D eigenvalue weighted by Crippen LogP contribution is 2.37. The van der Waals surface area contributed by atoms with E-state index in [0.29, 0.717) is 0 Å². The third-order valence-electron chi connectivity index (χ3n) is 4.78. The Morgan fingerprint density at radius 2 is 1.36 bits per heavy atom. The molecule has 0 fully saturated rings. The van der Waals surface area contributed by atoms with Crippen LogP contribution in [0.25, 0.3) is 16.9 Å². The molecular weight excluding hydrogens is 304 g/mol. The Morgan fingerprint density at radius 1 is 0.800 bits per heavy atom. The summed E-state index contributed by atoms with van der Waals surface area (Å²) >= 11 is 0. The number of hydrogen-bond acceptors (Lipinski definition) is 0. The van der Waals surface area contributed by atoms with Crippen LogP contribution in [0, 0.1) is 13.8 Å². The summed E-state index contributed by atoms with van der Waals surface area (Å²) in [4.78, 5) is 0. The van der Waals surface area contributed by atoms with Gasteiger partial charge in [0.25, 0.3) is 0 Å². The van der Waals surface area contributed by atoms with Crippen LogP contribution in [-0.4, -0.2) is 4.70 Å². The van der Waals surface area contributed by atoms with Crippen molar-refractivity contribution < 1.29 is 4.70 Å². The smallest absolute Gasteiger partial charge is 0.210 e. The van der Waals surface area contributed by atoms with Crippen molar-refractivity contribution in [1.82, 2.24) is 0 Å². The lowest BCUT2D eigenvalue weighted by atomic mass is 10.0. The maximum Gasteiger partial charge on any atom is 0.210 e. The molecule has 2 aromatic carbocycles. The van der Waals surface area contributed by atoms with Crippen LogP contribution in [-0.2, 0) is 0 Å². The summed E-state index contributed by atoms with van der Waals surface area (Å²) < 4.78 is 1.37. The van der Waals surface area contributed by atoms with E-state index < -0.39 is 0 Å². The van der Waals surface area contributed by atoms with E-state index in [4.69, 9.17) is 0 Å². The summed E-state index contributed by atoms with van der Waals surface area (Å²) in [6.45, 7) is 6.38. The first-order chi connectivity index (χ1) is 12.1.